The summed E-state index contributed by atoms with van der Waals surface area (Å²) in [5.74, 6) is -0.859. The maximum Gasteiger partial charge on any atom is 0.303 e. The van der Waals surface area contributed by atoms with Crippen LogP contribution in [0.15, 0.2) is 30.3 Å². The fraction of sp³-hybridized carbons (Fsp3) is 0.444. The van der Waals surface area contributed by atoms with Gasteiger partial charge < -0.3 is 5.11 Å². The van der Waals surface area contributed by atoms with Crippen LogP contribution in [0.5, 0.6) is 0 Å². The highest BCUT2D eigenvalue weighted by Gasteiger charge is 2.15. The van der Waals surface area contributed by atoms with E-state index in [2.05, 4.69) is 13.0 Å². The minimum atomic E-state index is -0.853. The highest BCUT2D eigenvalue weighted by molar-refractivity contribution is 5.93. The normalized spacial score (nSPS) is 11.0. The average Bonchev–Trinajstić information content (AvgIpc) is 2.85. The summed E-state index contributed by atoms with van der Waals surface area (Å²) in [6, 6.07) is 9.95. The minimum absolute atomic E-state index is 0.00560. The Morgan fingerprint density at radius 3 is 2.59 bits per heavy atom. The fourth-order valence-electron chi connectivity index (χ4n) is 2.75. The third kappa shape index (κ3) is 3.97. The Morgan fingerprint density at radius 1 is 1.09 bits per heavy atom. The summed E-state index contributed by atoms with van der Waals surface area (Å²) in [6.07, 6.45) is 4.93. The monoisotopic (exact) mass is 301 g/mol. The van der Waals surface area contributed by atoms with E-state index in [-0.39, 0.29) is 18.7 Å². The number of carbonyl (C=O) groups is 2. The quantitative estimate of drug-likeness (QED) is 0.741. The number of carbonyl (C=O) groups excluding carboxylic acids is 1. The number of rotatable bonds is 8. The third-order valence-corrected chi connectivity index (χ3v) is 3.85. The van der Waals surface area contributed by atoms with Crippen molar-refractivity contribution in [3.05, 3.63) is 36.0 Å². The molecule has 0 bridgehead atoms. The molecule has 2 aromatic rings. The lowest BCUT2D eigenvalue weighted by Gasteiger charge is -2.09. The molecule has 0 spiro atoms. The van der Waals surface area contributed by atoms with E-state index in [0.29, 0.717) is 6.42 Å². The number of carboxylic acids is 1. The average molecular weight is 301 g/mol. The first kappa shape index (κ1) is 16.3. The zero-order valence-electron chi connectivity index (χ0n) is 13.0. The van der Waals surface area contributed by atoms with Crippen molar-refractivity contribution in [2.24, 2.45) is 0 Å². The zero-order valence-corrected chi connectivity index (χ0v) is 13.0. The van der Waals surface area contributed by atoms with Crippen molar-refractivity contribution in [2.45, 2.75) is 51.9 Å². The first-order valence-corrected chi connectivity index (χ1v) is 7.98. The van der Waals surface area contributed by atoms with Crippen molar-refractivity contribution >= 4 is 22.8 Å². The Labute approximate surface area is 130 Å². The molecule has 0 radical (unpaired) electrons. The number of hydrogen-bond acceptors (Lipinski definition) is 2. The number of unbranched alkanes of at least 4 members (excludes halogenated alkanes) is 2. The van der Waals surface area contributed by atoms with Gasteiger partial charge in [-0.3, -0.25) is 14.2 Å². The molecule has 0 unspecified atom stereocenters. The first-order valence-electron chi connectivity index (χ1n) is 7.98. The van der Waals surface area contributed by atoms with E-state index in [4.69, 9.17) is 5.11 Å². The number of aryl methyl sites for hydroxylation is 1. The van der Waals surface area contributed by atoms with Gasteiger partial charge in [0.15, 0.2) is 0 Å². The van der Waals surface area contributed by atoms with Gasteiger partial charge in [-0.1, -0.05) is 38.0 Å². The predicted octanol–water partition coefficient (Wildman–Crippen LogP) is 4.27. The summed E-state index contributed by atoms with van der Waals surface area (Å²) in [4.78, 5) is 23.1. The molecule has 1 aromatic carbocycles. The van der Waals surface area contributed by atoms with Crippen molar-refractivity contribution in [2.75, 3.05) is 0 Å². The van der Waals surface area contributed by atoms with Crippen LogP contribution in [0.25, 0.3) is 10.9 Å². The molecule has 2 rings (SSSR count). The van der Waals surface area contributed by atoms with Gasteiger partial charge in [0.05, 0.1) is 5.52 Å². The van der Waals surface area contributed by atoms with E-state index in [0.717, 1.165) is 42.3 Å². The number of nitrogens with zero attached hydrogens (tertiary/aromatic N) is 1. The van der Waals surface area contributed by atoms with Crippen LogP contribution >= 0.6 is 0 Å². The molecule has 0 aliphatic carbocycles. The molecule has 0 aliphatic heterocycles. The second-order valence-corrected chi connectivity index (χ2v) is 5.63. The summed E-state index contributed by atoms with van der Waals surface area (Å²) >= 11 is 0. The highest BCUT2D eigenvalue weighted by atomic mass is 16.4. The number of aromatic nitrogens is 1. The smallest absolute Gasteiger partial charge is 0.303 e. The fourth-order valence-corrected chi connectivity index (χ4v) is 2.75. The summed E-state index contributed by atoms with van der Waals surface area (Å²) < 4.78 is 1.78. The Hall–Kier alpha value is -2.10. The Bertz CT molecular complexity index is 657. The number of hydrogen-bond donors (Lipinski definition) is 1. The van der Waals surface area contributed by atoms with Gasteiger partial charge in [-0.15, -0.1) is 0 Å². The molecule has 0 amide bonds. The van der Waals surface area contributed by atoms with Crippen molar-refractivity contribution in [3.63, 3.8) is 0 Å². The van der Waals surface area contributed by atoms with E-state index < -0.39 is 5.97 Å². The van der Waals surface area contributed by atoms with Crippen LogP contribution in [0.1, 0.15) is 55.9 Å². The van der Waals surface area contributed by atoms with Gasteiger partial charge in [0.2, 0.25) is 5.91 Å². The number of para-hydroxylation sites is 1. The van der Waals surface area contributed by atoms with Crippen molar-refractivity contribution < 1.29 is 14.7 Å². The van der Waals surface area contributed by atoms with Crippen LogP contribution in [0.4, 0.5) is 0 Å². The molecule has 22 heavy (non-hydrogen) atoms. The number of carboxylic acid groups (broad SMARTS) is 1. The van der Waals surface area contributed by atoms with Gasteiger partial charge in [0.25, 0.3) is 0 Å². The number of fused-ring (bicyclic) bond motifs is 1. The molecule has 4 heteroatoms. The Morgan fingerprint density at radius 2 is 1.86 bits per heavy atom. The van der Waals surface area contributed by atoms with E-state index in [1.54, 1.807) is 4.57 Å². The molecule has 0 aliphatic rings. The van der Waals surface area contributed by atoms with E-state index >= 15 is 0 Å². The van der Waals surface area contributed by atoms with Gasteiger partial charge >= 0.3 is 5.97 Å². The maximum atomic E-state index is 12.5. The lowest BCUT2D eigenvalue weighted by Crippen LogP contribution is -2.14. The first-order chi connectivity index (χ1) is 10.6. The molecule has 1 heterocycles. The van der Waals surface area contributed by atoms with Crippen LogP contribution in [0.2, 0.25) is 0 Å². The van der Waals surface area contributed by atoms with Crippen molar-refractivity contribution in [1.82, 2.24) is 4.57 Å². The number of aliphatic carboxylic acids is 1. The summed E-state index contributed by atoms with van der Waals surface area (Å²) in [5, 5.41) is 9.78. The van der Waals surface area contributed by atoms with Gasteiger partial charge in [-0.05, 0) is 31.4 Å². The Balaban J connectivity index is 2.22. The van der Waals surface area contributed by atoms with Crippen molar-refractivity contribution in [3.8, 4) is 0 Å². The predicted molar refractivity (Wildman–Crippen MR) is 87.3 cm³/mol. The Kier molecular flexibility index (Phi) is 5.75. The van der Waals surface area contributed by atoms with Crippen LogP contribution in [0.3, 0.4) is 0 Å². The van der Waals surface area contributed by atoms with E-state index in [1.807, 2.05) is 24.3 Å². The van der Waals surface area contributed by atoms with Gasteiger partial charge in [0, 0.05) is 23.9 Å². The summed E-state index contributed by atoms with van der Waals surface area (Å²) in [6.45, 7) is 2.16. The van der Waals surface area contributed by atoms with Gasteiger partial charge in [0.1, 0.15) is 0 Å². The molecule has 4 nitrogen and oxygen atoms in total. The SMILES string of the molecule is CCCCCc1cc2ccccc2n1C(=O)CCCC(=O)O. The molecular weight excluding hydrogens is 278 g/mol. The standard InChI is InChI=1S/C18H23NO3/c1-2-3-4-9-15-13-14-8-5-6-10-16(14)19(15)17(20)11-7-12-18(21)22/h5-6,8,10,13H,2-4,7,9,11-12H2,1H3,(H,21,22). The molecule has 0 atom stereocenters. The van der Waals surface area contributed by atoms with E-state index in [9.17, 15) is 9.59 Å². The van der Waals surface area contributed by atoms with Crippen LogP contribution in [0, 0.1) is 0 Å². The lowest BCUT2D eigenvalue weighted by molar-refractivity contribution is -0.137. The molecule has 1 aromatic heterocycles. The molecule has 118 valence electrons. The second-order valence-electron chi connectivity index (χ2n) is 5.63. The van der Waals surface area contributed by atoms with Gasteiger partial charge in [-0.2, -0.15) is 0 Å². The minimum Gasteiger partial charge on any atom is -0.481 e. The third-order valence-electron chi connectivity index (χ3n) is 3.85. The molecule has 0 saturated heterocycles. The summed E-state index contributed by atoms with van der Waals surface area (Å²) in [7, 11) is 0. The van der Waals surface area contributed by atoms with Crippen LogP contribution in [-0.4, -0.2) is 21.6 Å². The zero-order chi connectivity index (χ0) is 15.9. The molecule has 0 fully saturated rings. The molecular formula is C18H23NO3. The van der Waals surface area contributed by atoms with Crippen LogP contribution in [-0.2, 0) is 11.2 Å². The molecule has 0 saturated carbocycles. The lowest BCUT2D eigenvalue weighted by atomic mass is 10.1. The highest BCUT2D eigenvalue weighted by Crippen LogP contribution is 2.22. The molecule has 1 N–H and O–H groups in total. The van der Waals surface area contributed by atoms with E-state index in [1.165, 1.54) is 0 Å². The van der Waals surface area contributed by atoms with Crippen molar-refractivity contribution in [1.29, 1.82) is 0 Å². The largest absolute Gasteiger partial charge is 0.481 e. The van der Waals surface area contributed by atoms with Gasteiger partial charge in [-0.25, -0.2) is 0 Å². The summed E-state index contributed by atoms with van der Waals surface area (Å²) in [5.41, 5.74) is 1.96. The second kappa shape index (κ2) is 7.78. The number of benzene rings is 1. The topological polar surface area (TPSA) is 59.3 Å². The van der Waals surface area contributed by atoms with Crippen LogP contribution < -0.4 is 0 Å². The maximum absolute atomic E-state index is 12.5.